The zero-order valence-corrected chi connectivity index (χ0v) is 22.1. The van der Waals surface area contributed by atoms with Gasteiger partial charge in [-0.15, -0.1) is 0 Å². The van der Waals surface area contributed by atoms with Crippen LogP contribution in [0.25, 0.3) is 22.6 Å². The maximum atomic E-state index is 6.12. The predicted molar refractivity (Wildman–Crippen MR) is 138 cm³/mol. The van der Waals surface area contributed by atoms with Crippen molar-refractivity contribution in [2.24, 2.45) is 0 Å². The molecule has 168 valence electrons. The van der Waals surface area contributed by atoms with Crippen LogP contribution in [0.15, 0.2) is 53.0 Å². The van der Waals surface area contributed by atoms with Crippen molar-refractivity contribution in [3.8, 4) is 11.5 Å². The number of halogens is 1. The van der Waals surface area contributed by atoms with Gasteiger partial charge >= 0.3 is 0 Å². The first kappa shape index (κ1) is 23.0. The standard InChI is InChI=1S/C25H31BrN4OSi/c1-18-6-8-20(9-7-18)16-30-19(2)14-23(28-30)25-27-22-11-10-21(26)15-24(22)29(25)17-31-12-13-32(3,4)5/h6-11,14-15H,12-13,16-17H2,1-5H3. The number of nitrogens with zero attached hydrogens (tertiary/aromatic N) is 4. The smallest absolute Gasteiger partial charge is 0.163 e. The number of hydrogen-bond donors (Lipinski definition) is 0. The number of ether oxygens (including phenoxy) is 1. The second-order valence-corrected chi connectivity index (χ2v) is 16.2. The SMILES string of the molecule is Cc1ccc(Cn2nc(-c3nc4ccc(Br)cc4n3COCC[Si](C)(C)C)cc2C)cc1. The van der Waals surface area contributed by atoms with Crippen molar-refractivity contribution >= 4 is 35.0 Å². The average molecular weight is 512 g/mol. The third kappa shape index (κ3) is 5.39. The highest BCUT2D eigenvalue weighted by atomic mass is 79.9. The van der Waals surface area contributed by atoms with Crippen molar-refractivity contribution in [3.05, 3.63) is 69.8 Å². The van der Waals surface area contributed by atoms with Gasteiger partial charge in [-0.1, -0.05) is 65.4 Å². The van der Waals surface area contributed by atoms with E-state index in [2.05, 4.69) is 90.4 Å². The van der Waals surface area contributed by atoms with Gasteiger partial charge in [-0.05, 0) is 49.7 Å². The van der Waals surface area contributed by atoms with Crippen LogP contribution in [0, 0.1) is 13.8 Å². The summed E-state index contributed by atoms with van der Waals surface area (Å²) in [6.45, 7) is 13.3. The number of aromatic nitrogens is 4. The second-order valence-electron chi connectivity index (χ2n) is 9.66. The van der Waals surface area contributed by atoms with E-state index < -0.39 is 8.07 Å². The van der Waals surface area contributed by atoms with Crippen LogP contribution in [0.5, 0.6) is 0 Å². The van der Waals surface area contributed by atoms with Crippen molar-refractivity contribution in [1.82, 2.24) is 19.3 Å². The molecule has 0 bridgehead atoms. The van der Waals surface area contributed by atoms with E-state index in [1.54, 1.807) is 0 Å². The quantitative estimate of drug-likeness (QED) is 0.197. The summed E-state index contributed by atoms with van der Waals surface area (Å²) in [7, 11) is -1.14. The van der Waals surface area contributed by atoms with E-state index in [1.165, 1.54) is 11.1 Å². The zero-order chi connectivity index (χ0) is 22.9. The topological polar surface area (TPSA) is 44.9 Å². The molecule has 5 nitrogen and oxygen atoms in total. The number of imidazole rings is 1. The highest BCUT2D eigenvalue weighted by Gasteiger charge is 2.18. The van der Waals surface area contributed by atoms with Gasteiger partial charge in [0.25, 0.3) is 0 Å². The molecule has 0 saturated carbocycles. The molecule has 4 aromatic rings. The van der Waals surface area contributed by atoms with Crippen molar-refractivity contribution in [3.63, 3.8) is 0 Å². The number of benzene rings is 2. The zero-order valence-electron chi connectivity index (χ0n) is 19.5. The van der Waals surface area contributed by atoms with E-state index >= 15 is 0 Å². The summed E-state index contributed by atoms with van der Waals surface area (Å²) in [5, 5.41) is 4.92. The summed E-state index contributed by atoms with van der Waals surface area (Å²) < 4.78 is 11.3. The van der Waals surface area contributed by atoms with Crippen LogP contribution in [0.1, 0.15) is 16.8 Å². The van der Waals surface area contributed by atoms with Gasteiger partial charge in [0.2, 0.25) is 0 Å². The first-order valence-electron chi connectivity index (χ1n) is 11.0. The average Bonchev–Trinajstić information content (AvgIpc) is 3.26. The Labute approximate surface area is 199 Å². The normalized spacial score (nSPS) is 12.1. The Morgan fingerprint density at radius 2 is 1.75 bits per heavy atom. The van der Waals surface area contributed by atoms with Crippen LogP contribution in [0.4, 0.5) is 0 Å². The van der Waals surface area contributed by atoms with Gasteiger partial charge in [-0.3, -0.25) is 9.25 Å². The molecule has 0 aliphatic rings. The molecule has 2 heterocycles. The molecule has 0 unspecified atom stereocenters. The van der Waals surface area contributed by atoms with E-state index in [1.807, 2.05) is 16.8 Å². The number of fused-ring (bicyclic) bond motifs is 1. The molecule has 2 aromatic heterocycles. The van der Waals surface area contributed by atoms with Crippen LogP contribution in [-0.2, 0) is 18.0 Å². The van der Waals surface area contributed by atoms with Gasteiger partial charge in [0, 0.05) is 24.8 Å². The predicted octanol–water partition coefficient (Wildman–Crippen LogP) is 6.64. The first-order valence-corrected chi connectivity index (χ1v) is 15.5. The lowest BCUT2D eigenvalue weighted by Crippen LogP contribution is -2.22. The minimum Gasteiger partial charge on any atom is -0.361 e. The van der Waals surface area contributed by atoms with Crippen LogP contribution in [0.2, 0.25) is 25.7 Å². The number of aryl methyl sites for hydroxylation is 2. The minimum absolute atomic E-state index is 0.469. The van der Waals surface area contributed by atoms with Gasteiger partial charge < -0.3 is 4.74 Å². The summed E-state index contributed by atoms with van der Waals surface area (Å²) >= 11 is 3.60. The van der Waals surface area contributed by atoms with Gasteiger partial charge in [-0.2, -0.15) is 5.10 Å². The number of rotatable bonds is 8. The molecule has 0 N–H and O–H groups in total. The molecule has 7 heteroatoms. The van der Waals surface area contributed by atoms with E-state index in [0.29, 0.717) is 6.73 Å². The Morgan fingerprint density at radius 1 is 1.00 bits per heavy atom. The summed E-state index contributed by atoms with van der Waals surface area (Å²) in [6, 6.07) is 18.0. The van der Waals surface area contributed by atoms with Gasteiger partial charge in [0.05, 0.1) is 17.6 Å². The van der Waals surface area contributed by atoms with E-state index in [0.717, 1.165) is 51.9 Å². The Balaban J connectivity index is 1.65. The fraction of sp³-hybridized carbons (Fsp3) is 0.360. The molecule has 32 heavy (non-hydrogen) atoms. The lowest BCUT2D eigenvalue weighted by atomic mass is 10.1. The maximum Gasteiger partial charge on any atom is 0.163 e. The van der Waals surface area contributed by atoms with Crippen LogP contribution >= 0.6 is 15.9 Å². The van der Waals surface area contributed by atoms with Crippen molar-refractivity contribution in [1.29, 1.82) is 0 Å². The van der Waals surface area contributed by atoms with Crippen LogP contribution in [-0.4, -0.2) is 34.0 Å². The monoisotopic (exact) mass is 510 g/mol. The maximum absolute atomic E-state index is 6.12. The largest absolute Gasteiger partial charge is 0.361 e. The molecule has 0 fully saturated rings. The third-order valence-electron chi connectivity index (χ3n) is 5.59. The molecule has 0 radical (unpaired) electrons. The summed E-state index contributed by atoms with van der Waals surface area (Å²) in [4.78, 5) is 4.92. The fourth-order valence-electron chi connectivity index (χ4n) is 3.60. The molecule has 0 spiro atoms. The first-order chi connectivity index (χ1) is 15.2. The molecule has 4 rings (SSSR count). The highest BCUT2D eigenvalue weighted by molar-refractivity contribution is 9.10. The van der Waals surface area contributed by atoms with E-state index in [4.69, 9.17) is 14.8 Å². The lowest BCUT2D eigenvalue weighted by Gasteiger charge is -2.16. The minimum atomic E-state index is -1.14. The van der Waals surface area contributed by atoms with E-state index in [-0.39, 0.29) is 0 Å². The van der Waals surface area contributed by atoms with Crippen molar-refractivity contribution < 1.29 is 4.74 Å². The third-order valence-corrected chi connectivity index (χ3v) is 7.79. The summed E-state index contributed by atoms with van der Waals surface area (Å²) in [5.74, 6) is 0.844. The van der Waals surface area contributed by atoms with Crippen LogP contribution in [0.3, 0.4) is 0 Å². The molecular weight excluding hydrogens is 480 g/mol. The Morgan fingerprint density at radius 3 is 2.47 bits per heavy atom. The molecule has 2 aromatic carbocycles. The Hall–Kier alpha value is -2.22. The molecule has 0 atom stereocenters. The summed E-state index contributed by atoms with van der Waals surface area (Å²) in [5.41, 5.74) is 6.48. The summed E-state index contributed by atoms with van der Waals surface area (Å²) in [6.07, 6.45) is 0. The molecule has 0 aliphatic heterocycles. The highest BCUT2D eigenvalue weighted by Crippen LogP contribution is 2.27. The van der Waals surface area contributed by atoms with Gasteiger partial charge in [-0.25, -0.2) is 4.98 Å². The van der Waals surface area contributed by atoms with Crippen molar-refractivity contribution in [2.75, 3.05) is 6.61 Å². The molecule has 0 aliphatic carbocycles. The van der Waals surface area contributed by atoms with Gasteiger partial charge in [0.15, 0.2) is 5.82 Å². The molecule has 0 amide bonds. The molecule has 0 saturated heterocycles. The number of hydrogen-bond acceptors (Lipinski definition) is 3. The van der Waals surface area contributed by atoms with Gasteiger partial charge in [0.1, 0.15) is 12.4 Å². The fourth-order valence-corrected chi connectivity index (χ4v) is 4.71. The van der Waals surface area contributed by atoms with Crippen LogP contribution < -0.4 is 0 Å². The molecular formula is C25H31BrN4OSi. The lowest BCUT2D eigenvalue weighted by molar-refractivity contribution is 0.0909. The Bertz CT molecular complexity index is 1220. The second kappa shape index (κ2) is 9.33. The van der Waals surface area contributed by atoms with E-state index in [9.17, 15) is 0 Å². The Kier molecular flexibility index (Phi) is 6.69. The van der Waals surface area contributed by atoms with Crippen molar-refractivity contribution in [2.45, 2.75) is 52.8 Å².